The summed E-state index contributed by atoms with van der Waals surface area (Å²) in [5.41, 5.74) is 1.98. The van der Waals surface area contributed by atoms with Gasteiger partial charge in [0.2, 0.25) is 5.91 Å². The second-order valence-corrected chi connectivity index (χ2v) is 6.96. The fourth-order valence-electron chi connectivity index (χ4n) is 3.16. The van der Waals surface area contributed by atoms with Crippen LogP contribution >= 0.6 is 11.8 Å². The van der Waals surface area contributed by atoms with Crippen LogP contribution in [0.3, 0.4) is 0 Å². The molecule has 5 nitrogen and oxygen atoms in total. The van der Waals surface area contributed by atoms with Gasteiger partial charge in [0.05, 0.1) is 29.0 Å². The molecule has 2 aromatic rings. The molecule has 1 aliphatic heterocycles. The summed E-state index contributed by atoms with van der Waals surface area (Å²) in [7, 11) is 0. The average Bonchev–Trinajstić information content (AvgIpc) is 2.84. The van der Waals surface area contributed by atoms with Crippen molar-refractivity contribution in [2.75, 3.05) is 19.3 Å². The zero-order valence-corrected chi connectivity index (χ0v) is 14.7. The molecule has 23 heavy (non-hydrogen) atoms. The Morgan fingerprint density at radius 3 is 2.70 bits per heavy atom. The minimum atomic E-state index is 0.0906. The van der Waals surface area contributed by atoms with E-state index in [2.05, 4.69) is 15.8 Å². The second kappa shape index (κ2) is 6.93. The number of amides is 1. The van der Waals surface area contributed by atoms with E-state index in [0.29, 0.717) is 19.6 Å². The number of carbonyl (C=O) groups is 1. The van der Waals surface area contributed by atoms with Crippen molar-refractivity contribution in [2.24, 2.45) is 0 Å². The standard InChI is InChI=1S/C17H23N3O2S/c1-12-8-19(9-13(2)22-12)17(21)10-20-15-7-5-4-6-14(15)18-16(20)11-23-3/h4-7,12-13H,8-11H2,1-3H3. The fourth-order valence-corrected chi connectivity index (χ4v) is 3.64. The largest absolute Gasteiger partial charge is 0.372 e. The fraction of sp³-hybridized carbons (Fsp3) is 0.529. The maximum atomic E-state index is 12.8. The van der Waals surface area contributed by atoms with Gasteiger partial charge in [-0.2, -0.15) is 11.8 Å². The summed E-state index contributed by atoms with van der Waals surface area (Å²) in [6, 6.07) is 8.01. The molecule has 3 rings (SSSR count). The number of hydrogen-bond acceptors (Lipinski definition) is 4. The van der Waals surface area contributed by atoms with E-state index in [0.717, 1.165) is 22.6 Å². The van der Waals surface area contributed by atoms with Gasteiger partial charge >= 0.3 is 0 Å². The normalized spacial score (nSPS) is 21.8. The minimum Gasteiger partial charge on any atom is -0.372 e. The lowest BCUT2D eigenvalue weighted by atomic mass is 10.2. The highest BCUT2D eigenvalue weighted by molar-refractivity contribution is 7.97. The molecule has 0 bridgehead atoms. The molecule has 0 N–H and O–H groups in total. The van der Waals surface area contributed by atoms with Gasteiger partial charge in [-0.05, 0) is 32.2 Å². The van der Waals surface area contributed by atoms with Gasteiger partial charge in [0.1, 0.15) is 12.4 Å². The summed E-state index contributed by atoms with van der Waals surface area (Å²) in [4.78, 5) is 19.4. The quantitative estimate of drug-likeness (QED) is 0.863. The predicted octanol–water partition coefficient (Wildman–Crippen LogP) is 2.54. The molecule has 6 heteroatoms. The van der Waals surface area contributed by atoms with Gasteiger partial charge in [0.15, 0.2) is 0 Å². The predicted molar refractivity (Wildman–Crippen MR) is 93.5 cm³/mol. The van der Waals surface area contributed by atoms with Crippen LogP contribution in [0, 0.1) is 0 Å². The van der Waals surface area contributed by atoms with Crippen LogP contribution in [-0.4, -0.2) is 51.9 Å². The van der Waals surface area contributed by atoms with E-state index >= 15 is 0 Å². The lowest BCUT2D eigenvalue weighted by Crippen LogP contribution is -2.49. The molecular weight excluding hydrogens is 310 g/mol. The zero-order chi connectivity index (χ0) is 16.4. The molecule has 2 atom stereocenters. The summed E-state index contributed by atoms with van der Waals surface area (Å²) in [6.07, 6.45) is 2.23. The number of morpholine rings is 1. The molecule has 1 fully saturated rings. The Balaban J connectivity index is 1.85. The summed E-state index contributed by atoms with van der Waals surface area (Å²) < 4.78 is 7.77. The first kappa shape index (κ1) is 16.3. The number of fused-ring (bicyclic) bond motifs is 1. The lowest BCUT2D eigenvalue weighted by Gasteiger charge is -2.35. The van der Waals surface area contributed by atoms with Gasteiger partial charge in [0.25, 0.3) is 0 Å². The Kier molecular flexibility index (Phi) is 4.92. The molecule has 1 aromatic carbocycles. The first-order chi connectivity index (χ1) is 11.1. The number of nitrogens with zero attached hydrogens (tertiary/aromatic N) is 3. The Morgan fingerprint density at radius 2 is 2.00 bits per heavy atom. The topological polar surface area (TPSA) is 47.4 Å². The third kappa shape index (κ3) is 3.53. The smallest absolute Gasteiger partial charge is 0.242 e. The van der Waals surface area contributed by atoms with Crippen LogP contribution in [0.2, 0.25) is 0 Å². The van der Waals surface area contributed by atoms with Crippen LogP contribution in [-0.2, 0) is 21.8 Å². The number of para-hydroxylation sites is 2. The number of aromatic nitrogens is 2. The van der Waals surface area contributed by atoms with Crippen LogP contribution in [0.1, 0.15) is 19.7 Å². The molecule has 1 aliphatic rings. The summed E-state index contributed by atoms with van der Waals surface area (Å²) in [6.45, 7) is 5.70. The summed E-state index contributed by atoms with van der Waals surface area (Å²) in [5.74, 6) is 1.90. The molecule has 0 spiro atoms. The van der Waals surface area contributed by atoms with Crippen molar-refractivity contribution in [2.45, 2.75) is 38.4 Å². The molecule has 2 heterocycles. The maximum Gasteiger partial charge on any atom is 0.242 e. The molecule has 0 radical (unpaired) electrons. The van der Waals surface area contributed by atoms with Crippen molar-refractivity contribution in [3.8, 4) is 0 Å². The molecule has 1 aromatic heterocycles. The lowest BCUT2D eigenvalue weighted by molar-refractivity contribution is -0.143. The van der Waals surface area contributed by atoms with Crippen LogP contribution < -0.4 is 0 Å². The third-order valence-corrected chi connectivity index (χ3v) is 4.62. The molecule has 0 aliphatic carbocycles. The van der Waals surface area contributed by atoms with Crippen LogP contribution in [0.4, 0.5) is 0 Å². The van der Waals surface area contributed by atoms with Crippen molar-refractivity contribution in [3.05, 3.63) is 30.1 Å². The number of benzene rings is 1. The van der Waals surface area contributed by atoms with E-state index in [9.17, 15) is 4.79 Å². The number of thioether (sulfide) groups is 1. The zero-order valence-electron chi connectivity index (χ0n) is 13.9. The molecule has 1 amide bonds. The monoisotopic (exact) mass is 333 g/mol. The number of rotatable bonds is 4. The SMILES string of the molecule is CSCc1nc2ccccc2n1CC(=O)N1CC(C)OC(C)C1. The van der Waals surface area contributed by atoms with Crippen molar-refractivity contribution in [1.29, 1.82) is 0 Å². The van der Waals surface area contributed by atoms with Crippen molar-refractivity contribution >= 4 is 28.7 Å². The number of carbonyl (C=O) groups excluding carboxylic acids is 1. The number of ether oxygens (including phenoxy) is 1. The highest BCUT2D eigenvalue weighted by atomic mass is 32.2. The van der Waals surface area contributed by atoms with Gasteiger partial charge in [-0.15, -0.1) is 0 Å². The summed E-state index contributed by atoms with van der Waals surface area (Å²) in [5, 5.41) is 0. The van der Waals surface area contributed by atoms with E-state index in [1.165, 1.54) is 0 Å². The molecular formula is C17H23N3O2S. The van der Waals surface area contributed by atoms with Gasteiger partial charge in [-0.25, -0.2) is 4.98 Å². The van der Waals surface area contributed by atoms with Crippen molar-refractivity contribution in [1.82, 2.24) is 14.5 Å². The van der Waals surface area contributed by atoms with E-state index < -0.39 is 0 Å². The first-order valence-electron chi connectivity index (χ1n) is 7.94. The third-order valence-electron chi connectivity index (χ3n) is 4.07. The van der Waals surface area contributed by atoms with E-state index in [1.54, 1.807) is 11.8 Å². The van der Waals surface area contributed by atoms with Crippen LogP contribution in [0.15, 0.2) is 24.3 Å². The Labute approximate surface area is 141 Å². The maximum absolute atomic E-state index is 12.8. The van der Waals surface area contributed by atoms with Crippen molar-refractivity contribution in [3.63, 3.8) is 0 Å². The van der Waals surface area contributed by atoms with Gasteiger partial charge in [-0.3, -0.25) is 4.79 Å². The van der Waals surface area contributed by atoms with E-state index in [4.69, 9.17) is 4.74 Å². The Bertz CT molecular complexity index is 690. The second-order valence-electron chi connectivity index (χ2n) is 6.09. The Hall–Kier alpha value is -1.53. The van der Waals surface area contributed by atoms with Gasteiger partial charge in [0, 0.05) is 13.1 Å². The molecule has 1 saturated heterocycles. The highest BCUT2D eigenvalue weighted by Gasteiger charge is 2.26. The molecule has 2 unspecified atom stereocenters. The van der Waals surface area contributed by atoms with Crippen LogP contribution in [0.25, 0.3) is 11.0 Å². The first-order valence-corrected chi connectivity index (χ1v) is 9.34. The van der Waals surface area contributed by atoms with Crippen molar-refractivity contribution < 1.29 is 9.53 Å². The summed E-state index contributed by atoms with van der Waals surface area (Å²) >= 11 is 1.72. The van der Waals surface area contributed by atoms with Gasteiger partial charge < -0.3 is 14.2 Å². The number of imidazole rings is 1. The van der Waals surface area contributed by atoms with Gasteiger partial charge in [-0.1, -0.05) is 12.1 Å². The molecule has 124 valence electrons. The van der Waals surface area contributed by atoms with E-state index in [1.807, 2.05) is 43.0 Å². The highest BCUT2D eigenvalue weighted by Crippen LogP contribution is 2.20. The molecule has 0 saturated carbocycles. The number of hydrogen-bond donors (Lipinski definition) is 0. The average molecular weight is 333 g/mol. The minimum absolute atomic E-state index is 0.0906. The van der Waals surface area contributed by atoms with Crippen LogP contribution in [0.5, 0.6) is 0 Å². The Morgan fingerprint density at radius 1 is 1.30 bits per heavy atom. The van der Waals surface area contributed by atoms with E-state index in [-0.39, 0.29) is 18.1 Å².